The molecule has 1 aromatic heterocycles. The zero-order valence-electron chi connectivity index (χ0n) is 17.6. The topological polar surface area (TPSA) is 104 Å². The first kappa shape index (κ1) is 24.4. The van der Waals surface area contributed by atoms with Gasteiger partial charge in [0.15, 0.2) is 11.6 Å². The third-order valence-corrected chi connectivity index (χ3v) is 4.67. The second-order valence-corrected chi connectivity index (χ2v) is 6.85. The maximum atomic E-state index is 14.1. The van der Waals surface area contributed by atoms with E-state index >= 15 is 0 Å². The van der Waals surface area contributed by atoms with Crippen molar-refractivity contribution < 1.29 is 41.0 Å². The van der Waals surface area contributed by atoms with Crippen LogP contribution in [-0.2, 0) is 6.18 Å². The van der Waals surface area contributed by atoms with E-state index in [9.17, 15) is 31.5 Å². The van der Waals surface area contributed by atoms with Crippen molar-refractivity contribution in [3.63, 3.8) is 0 Å². The van der Waals surface area contributed by atoms with Crippen LogP contribution in [0.15, 0.2) is 42.6 Å². The third kappa shape index (κ3) is 4.90. The van der Waals surface area contributed by atoms with Crippen molar-refractivity contribution in [2.24, 2.45) is 5.73 Å². The van der Waals surface area contributed by atoms with Crippen LogP contribution in [-0.4, -0.2) is 23.9 Å². The van der Waals surface area contributed by atoms with Gasteiger partial charge < -0.3 is 20.5 Å². The van der Waals surface area contributed by atoms with Gasteiger partial charge in [-0.3, -0.25) is 9.59 Å². The first-order valence-corrected chi connectivity index (χ1v) is 9.41. The Morgan fingerprint density at radius 1 is 1.03 bits per heavy atom. The van der Waals surface area contributed by atoms with Gasteiger partial charge in [-0.15, -0.1) is 0 Å². The molecule has 3 rings (SSSR count). The lowest BCUT2D eigenvalue weighted by molar-refractivity contribution is -0.138. The van der Waals surface area contributed by atoms with Crippen molar-refractivity contribution in [3.05, 3.63) is 76.6 Å². The molecule has 1 heterocycles. The lowest BCUT2D eigenvalue weighted by atomic mass is 10.00. The molecule has 0 radical (unpaired) electrons. The van der Waals surface area contributed by atoms with Crippen LogP contribution in [0, 0.1) is 18.6 Å². The number of primary amides is 1. The highest BCUT2D eigenvalue weighted by molar-refractivity contribution is 6.07. The Morgan fingerprint density at radius 2 is 1.71 bits per heavy atom. The number of hydrogen-bond donors (Lipinski definition) is 2. The van der Waals surface area contributed by atoms with Crippen LogP contribution in [0.3, 0.4) is 0 Å². The van der Waals surface area contributed by atoms with E-state index in [-0.39, 0.29) is 22.9 Å². The molecule has 2 aromatic carbocycles. The number of hydrogen-bond acceptors (Lipinski definition) is 5. The summed E-state index contributed by atoms with van der Waals surface area (Å²) in [5.74, 6) is -5.85. The zero-order valence-corrected chi connectivity index (χ0v) is 17.6. The maximum Gasteiger partial charge on any atom is 0.416 e. The molecule has 2 amide bonds. The molecule has 3 N–H and O–H groups in total. The minimum Gasteiger partial charge on any atom is -0.490 e. The van der Waals surface area contributed by atoms with Gasteiger partial charge in [-0.2, -0.15) is 17.6 Å². The summed E-state index contributed by atoms with van der Waals surface area (Å²) < 4.78 is 78.3. The summed E-state index contributed by atoms with van der Waals surface area (Å²) in [6, 6.07) is 5.78. The van der Waals surface area contributed by atoms with Crippen LogP contribution >= 0.6 is 0 Å². The predicted octanol–water partition coefficient (Wildman–Crippen LogP) is 4.84. The van der Waals surface area contributed by atoms with Gasteiger partial charge >= 0.3 is 6.18 Å². The van der Waals surface area contributed by atoms with Crippen LogP contribution in [0.4, 0.5) is 27.6 Å². The van der Waals surface area contributed by atoms with Crippen LogP contribution in [0.2, 0.25) is 0 Å². The summed E-state index contributed by atoms with van der Waals surface area (Å²) in [7, 11) is 1.04. The molecule has 7 nitrogen and oxygen atoms in total. The van der Waals surface area contributed by atoms with Gasteiger partial charge in [0.1, 0.15) is 11.4 Å². The fourth-order valence-corrected chi connectivity index (χ4v) is 3.07. The standard InChI is InChI=1S/C22H16F5N3O4/c1-10-12(22(25,26)27)4-7-15(34-16-8-5-13(23)18(24)19(16)33-2)17(10)21(32)30-11-3-6-14(20(28)31)29-9-11/h3-9H,1-2H3,(H2,28,31)(H,30,32). The molecule has 0 fully saturated rings. The molecule has 12 heteroatoms. The number of nitrogens with two attached hydrogens (primary N) is 1. The number of rotatable bonds is 6. The first-order chi connectivity index (χ1) is 15.9. The van der Waals surface area contributed by atoms with E-state index in [1.54, 1.807) is 0 Å². The highest BCUT2D eigenvalue weighted by atomic mass is 19.4. The van der Waals surface area contributed by atoms with Crippen molar-refractivity contribution in [2.45, 2.75) is 13.1 Å². The molecule has 178 valence electrons. The van der Waals surface area contributed by atoms with E-state index in [0.717, 1.165) is 38.4 Å². The van der Waals surface area contributed by atoms with E-state index in [0.29, 0.717) is 6.07 Å². The van der Waals surface area contributed by atoms with Crippen LogP contribution in [0.25, 0.3) is 0 Å². The molecule has 0 atom stereocenters. The van der Waals surface area contributed by atoms with E-state index in [1.807, 2.05) is 0 Å². The quantitative estimate of drug-likeness (QED) is 0.491. The molecule has 0 aliphatic carbocycles. The first-order valence-electron chi connectivity index (χ1n) is 9.41. The van der Waals surface area contributed by atoms with Gasteiger partial charge in [-0.25, -0.2) is 9.37 Å². The largest absolute Gasteiger partial charge is 0.490 e. The number of halogens is 5. The summed E-state index contributed by atoms with van der Waals surface area (Å²) in [6.45, 7) is 1.06. The van der Waals surface area contributed by atoms with E-state index in [1.165, 1.54) is 12.1 Å². The lowest BCUT2D eigenvalue weighted by Crippen LogP contribution is -2.19. The maximum absolute atomic E-state index is 14.1. The van der Waals surface area contributed by atoms with E-state index < -0.39 is 52.1 Å². The number of aromatic nitrogens is 1. The molecule has 3 aromatic rings. The normalized spacial score (nSPS) is 11.1. The lowest BCUT2D eigenvalue weighted by Gasteiger charge is -2.19. The number of ether oxygens (including phenoxy) is 2. The number of carbonyl (C=O) groups is 2. The van der Waals surface area contributed by atoms with Crippen molar-refractivity contribution in [2.75, 3.05) is 12.4 Å². The van der Waals surface area contributed by atoms with E-state index in [4.69, 9.17) is 15.2 Å². The van der Waals surface area contributed by atoms with Crippen LogP contribution in [0.5, 0.6) is 17.2 Å². The molecule has 0 unspecified atom stereocenters. The highest BCUT2D eigenvalue weighted by Crippen LogP contribution is 2.40. The Hall–Kier alpha value is -4.22. The monoisotopic (exact) mass is 481 g/mol. The van der Waals surface area contributed by atoms with Gasteiger partial charge in [0.25, 0.3) is 11.8 Å². The van der Waals surface area contributed by atoms with E-state index in [2.05, 4.69) is 10.3 Å². The van der Waals surface area contributed by atoms with Crippen LogP contribution < -0.4 is 20.5 Å². The second kappa shape index (κ2) is 9.33. The van der Waals surface area contributed by atoms with Crippen molar-refractivity contribution in [1.29, 1.82) is 0 Å². The zero-order chi connectivity index (χ0) is 25.2. The summed E-state index contributed by atoms with van der Waals surface area (Å²) in [5.41, 5.74) is 2.93. The predicted molar refractivity (Wildman–Crippen MR) is 110 cm³/mol. The van der Waals surface area contributed by atoms with Crippen molar-refractivity contribution in [3.8, 4) is 17.2 Å². The Bertz CT molecular complexity index is 1260. The molecule has 0 bridgehead atoms. The van der Waals surface area contributed by atoms with Gasteiger partial charge in [0.05, 0.1) is 30.1 Å². The Morgan fingerprint density at radius 3 is 2.26 bits per heavy atom. The second-order valence-electron chi connectivity index (χ2n) is 6.85. The number of amides is 2. The molecule has 0 saturated heterocycles. The number of methoxy groups -OCH3 is 1. The molecule has 0 aliphatic rings. The summed E-state index contributed by atoms with van der Waals surface area (Å²) in [5, 5.41) is 2.35. The minimum absolute atomic E-state index is 0.0446. The number of alkyl halides is 3. The fraction of sp³-hybridized carbons (Fsp3) is 0.136. The minimum atomic E-state index is -4.79. The Labute approximate surface area is 189 Å². The van der Waals surface area contributed by atoms with Gasteiger partial charge in [-0.1, -0.05) is 0 Å². The van der Waals surface area contributed by atoms with Gasteiger partial charge in [0.2, 0.25) is 11.6 Å². The summed E-state index contributed by atoms with van der Waals surface area (Å²) in [4.78, 5) is 27.9. The summed E-state index contributed by atoms with van der Waals surface area (Å²) in [6.07, 6.45) is -3.71. The summed E-state index contributed by atoms with van der Waals surface area (Å²) >= 11 is 0. The van der Waals surface area contributed by atoms with Gasteiger partial charge in [-0.05, 0) is 48.9 Å². The van der Waals surface area contributed by atoms with Crippen molar-refractivity contribution in [1.82, 2.24) is 4.98 Å². The Balaban J connectivity index is 2.08. The molecule has 0 spiro atoms. The van der Waals surface area contributed by atoms with Gasteiger partial charge in [0, 0.05) is 0 Å². The Kier molecular flexibility index (Phi) is 6.70. The third-order valence-electron chi connectivity index (χ3n) is 4.67. The van der Waals surface area contributed by atoms with Crippen LogP contribution in [0.1, 0.15) is 32.0 Å². The number of benzene rings is 2. The smallest absolute Gasteiger partial charge is 0.416 e. The molecular formula is C22H16F5N3O4. The fourth-order valence-electron chi connectivity index (χ4n) is 3.07. The number of pyridine rings is 1. The average molecular weight is 481 g/mol. The highest BCUT2D eigenvalue weighted by Gasteiger charge is 2.35. The van der Waals surface area contributed by atoms with Crippen molar-refractivity contribution >= 4 is 17.5 Å². The average Bonchev–Trinajstić information content (AvgIpc) is 2.76. The number of anilines is 1. The molecule has 0 saturated carbocycles. The molecular weight excluding hydrogens is 465 g/mol. The number of carbonyl (C=O) groups excluding carboxylic acids is 2. The number of nitrogens with zero attached hydrogens (tertiary/aromatic N) is 1. The molecule has 34 heavy (non-hydrogen) atoms. The SMILES string of the molecule is COc1c(Oc2ccc(C(F)(F)F)c(C)c2C(=O)Nc2ccc(C(N)=O)nc2)ccc(F)c1F. The molecule has 0 aliphatic heterocycles. The number of nitrogens with one attached hydrogen (secondary N) is 1.